The third-order valence-corrected chi connectivity index (χ3v) is 4.03. The van der Waals surface area contributed by atoms with Crippen LogP contribution >= 0.6 is 0 Å². The Balaban J connectivity index is 2.73. The zero-order valence-electron chi connectivity index (χ0n) is 8.86. The first-order valence-corrected chi connectivity index (χ1v) is 6.53. The van der Waals surface area contributed by atoms with Gasteiger partial charge in [-0.15, -0.1) is 0 Å². The standard InChI is InChI=1S/C8H18N4O2S/c1-2-5-11-15(13,14)12-6-3-4-7(12)8(9)10/h7,11H,2-6H2,1H3,(H3,9,10). The van der Waals surface area contributed by atoms with E-state index in [-0.39, 0.29) is 5.84 Å². The molecule has 0 aliphatic carbocycles. The van der Waals surface area contributed by atoms with Crippen LogP contribution in [0.1, 0.15) is 26.2 Å². The van der Waals surface area contributed by atoms with Crippen molar-refractivity contribution in [2.45, 2.75) is 32.2 Å². The van der Waals surface area contributed by atoms with Crippen molar-refractivity contribution in [3.63, 3.8) is 0 Å². The molecule has 1 fully saturated rings. The van der Waals surface area contributed by atoms with Gasteiger partial charge in [0.1, 0.15) is 5.84 Å². The van der Waals surface area contributed by atoms with Gasteiger partial charge in [0.15, 0.2) is 0 Å². The normalized spacial score (nSPS) is 23.1. The highest BCUT2D eigenvalue weighted by Gasteiger charge is 2.35. The predicted molar refractivity (Wildman–Crippen MR) is 58.9 cm³/mol. The van der Waals surface area contributed by atoms with Crippen molar-refractivity contribution < 1.29 is 8.42 Å². The number of nitrogens with one attached hydrogen (secondary N) is 2. The Kier molecular flexibility index (Phi) is 4.06. The van der Waals surface area contributed by atoms with Gasteiger partial charge in [-0.25, -0.2) is 4.72 Å². The number of amidine groups is 1. The van der Waals surface area contributed by atoms with Crippen LogP contribution in [0.25, 0.3) is 0 Å². The molecule has 6 nitrogen and oxygen atoms in total. The zero-order valence-corrected chi connectivity index (χ0v) is 9.68. The van der Waals surface area contributed by atoms with Crippen molar-refractivity contribution in [3.05, 3.63) is 0 Å². The molecule has 0 spiro atoms. The van der Waals surface area contributed by atoms with Crippen molar-refractivity contribution in [2.75, 3.05) is 13.1 Å². The van der Waals surface area contributed by atoms with Gasteiger partial charge in [-0.2, -0.15) is 12.7 Å². The molecular weight excluding hydrogens is 216 g/mol. The van der Waals surface area contributed by atoms with Gasteiger partial charge in [0, 0.05) is 13.1 Å². The molecule has 0 aromatic rings. The third-order valence-electron chi connectivity index (χ3n) is 2.41. The summed E-state index contributed by atoms with van der Waals surface area (Å²) in [6, 6.07) is -0.459. The first-order chi connectivity index (χ1) is 6.99. The molecule has 1 heterocycles. The lowest BCUT2D eigenvalue weighted by molar-refractivity contribution is 0.433. The average Bonchev–Trinajstić information content (AvgIpc) is 2.63. The molecule has 1 atom stereocenters. The number of hydrogen-bond donors (Lipinski definition) is 3. The molecule has 7 heteroatoms. The van der Waals surface area contributed by atoms with Crippen LogP contribution in [0.3, 0.4) is 0 Å². The van der Waals surface area contributed by atoms with Gasteiger partial charge in [0.25, 0.3) is 10.2 Å². The molecular formula is C8H18N4O2S. The minimum atomic E-state index is -3.45. The van der Waals surface area contributed by atoms with Crippen LogP contribution in [0.15, 0.2) is 0 Å². The zero-order chi connectivity index (χ0) is 11.5. The molecule has 0 saturated carbocycles. The fraction of sp³-hybridized carbons (Fsp3) is 0.875. The summed E-state index contributed by atoms with van der Waals surface area (Å²) in [5.41, 5.74) is 5.36. The van der Waals surface area contributed by atoms with E-state index in [0.29, 0.717) is 19.5 Å². The Morgan fingerprint density at radius 1 is 1.67 bits per heavy atom. The molecule has 1 aliphatic heterocycles. The van der Waals surface area contributed by atoms with E-state index in [1.165, 1.54) is 4.31 Å². The first kappa shape index (κ1) is 12.4. The maximum Gasteiger partial charge on any atom is 0.280 e. The summed E-state index contributed by atoms with van der Waals surface area (Å²) in [4.78, 5) is 0. The lowest BCUT2D eigenvalue weighted by Gasteiger charge is -2.22. The highest BCUT2D eigenvalue weighted by Crippen LogP contribution is 2.19. The maximum absolute atomic E-state index is 11.8. The van der Waals surface area contributed by atoms with Gasteiger partial charge < -0.3 is 5.73 Å². The van der Waals surface area contributed by atoms with Crippen molar-refractivity contribution in [1.29, 1.82) is 5.41 Å². The van der Waals surface area contributed by atoms with E-state index in [9.17, 15) is 8.42 Å². The van der Waals surface area contributed by atoms with Gasteiger partial charge in [0.05, 0.1) is 6.04 Å². The van der Waals surface area contributed by atoms with Gasteiger partial charge in [-0.3, -0.25) is 5.41 Å². The fourth-order valence-corrected chi connectivity index (χ4v) is 3.20. The summed E-state index contributed by atoms with van der Waals surface area (Å²) in [6.45, 7) is 2.77. The molecule has 0 aromatic carbocycles. The smallest absolute Gasteiger partial charge is 0.280 e. The van der Waals surface area contributed by atoms with Gasteiger partial charge in [0.2, 0.25) is 0 Å². The van der Waals surface area contributed by atoms with E-state index in [4.69, 9.17) is 11.1 Å². The molecule has 0 radical (unpaired) electrons. The second-order valence-corrected chi connectivity index (χ2v) is 5.33. The van der Waals surface area contributed by atoms with E-state index in [1.54, 1.807) is 0 Å². The molecule has 0 amide bonds. The monoisotopic (exact) mass is 234 g/mol. The second kappa shape index (κ2) is 4.91. The third kappa shape index (κ3) is 2.90. The van der Waals surface area contributed by atoms with Crippen molar-refractivity contribution in [1.82, 2.24) is 9.03 Å². The van der Waals surface area contributed by atoms with E-state index in [1.807, 2.05) is 6.92 Å². The Bertz CT molecular complexity index is 328. The number of rotatable bonds is 5. The molecule has 0 aromatic heterocycles. The summed E-state index contributed by atoms with van der Waals surface area (Å²) in [7, 11) is -3.45. The Morgan fingerprint density at radius 3 is 2.87 bits per heavy atom. The summed E-state index contributed by atoms with van der Waals surface area (Å²) in [5.74, 6) is -0.0747. The minimum absolute atomic E-state index is 0.0747. The van der Waals surface area contributed by atoms with Gasteiger partial charge in [-0.1, -0.05) is 6.92 Å². The summed E-state index contributed by atoms with van der Waals surface area (Å²) < 4.78 is 27.3. The summed E-state index contributed by atoms with van der Waals surface area (Å²) in [6.07, 6.45) is 2.15. The molecule has 0 bridgehead atoms. The van der Waals surface area contributed by atoms with Crippen LogP contribution in [0.2, 0.25) is 0 Å². The molecule has 88 valence electrons. The average molecular weight is 234 g/mol. The van der Waals surface area contributed by atoms with Crippen molar-refractivity contribution >= 4 is 16.0 Å². The maximum atomic E-state index is 11.8. The van der Waals surface area contributed by atoms with Crippen molar-refractivity contribution in [2.24, 2.45) is 5.73 Å². The Hall–Kier alpha value is -0.660. The Morgan fingerprint density at radius 2 is 2.33 bits per heavy atom. The molecule has 15 heavy (non-hydrogen) atoms. The predicted octanol–water partition coefficient (Wildman–Crippen LogP) is -0.369. The number of nitrogens with two attached hydrogens (primary N) is 1. The van der Waals surface area contributed by atoms with Crippen molar-refractivity contribution in [3.8, 4) is 0 Å². The molecule has 1 aliphatic rings. The topological polar surface area (TPSA) is 99.3 Å². The minimum Gasteiger partial charge on any atom is -0.386 e. The fourth-order valence-electron chi connectivity index (χ4n) is 1.65. The van der Waals surface area contributed by atoms with Crippen LogP contribution in [-0.2, 0) is 10.2 Å². The largest absolute Gasteiger partial charge is 0.386 e. The molecule has 1 rings (SSSR count). The number of hydrogen-bond acceptors (Lipinski definition) is 3. The summed E-state index contributed by atoms with van der Waals surface area (Å²) in [5, 5.41) is 7.32. The van der Waals surface area contributed by atoms with Gasteiger partial charge >= 0.3 is 0 Å². The second-order valence-electron chi connectivity index (χ2n) is 3.62. The van der Waals surface area contributed by atoms with E-state index in [2.05, 4.69) is 4.72 Å². The van der Waals surface area contributed by atoms with Crippen LogP contribution in [0, 0.1) is 5.41 Å². The lowest BCUT2D eigenvalue weighted by atomic mass is 10.2. The van der Waals surface area contributed by atoms with Crippen LogP contribution in [-0.4, -0.2) is 37.7 Å². The van der Waals surface area contributed by atoms with Gasteiger partial charge in [-0.05, 0) is 19.3 Å². The van der Waals surface area contributed by atoms with Crippen LogP contribution in [0.5, 0.6) is 0 Å². The first-order valence-electron chi connectivity index (χ1n) is 5.09. The lowest BCUT2D eigenvalue weighted by Crippen LogP contribution is -2.48. The summed E-state index contributed by atoms with van der Waals surface area (Å²) >= 11 is 0. The van der Waals surface area contributed by atoms with E-state index >= 15 is 0 Å². The molecule has 1 saturated heterocycles. The highest BCUT2D eigenvalue weighted by atomic mass is 32.2. The van der Waals surface area contributed by atoms with Crippen LogP contribution in [0.4, 0.5) is 0 Å². The number of nitrogens with zero attached hydrogens (tertiary/aromatic N) is 1. The van der Waals surface area contributed by atoms with E-state index < -0.39 is 16.3 Å². The highest BCUT2D eigenvalue weighted by molar-refractivity contribution is 7.87. The Labute approximate surface area is 90.5 Å². The SMILES string of the molecule is CCCNS(=O)(=O)N1CCCC1C(=N)N. The van der Waals surface area contributed by atoms with E-state index in [0.717, 1.165) is 12.8 Å². The quantitative estimate of drug-likeness (QED) is 0.447. The molecule has 4 N–H and O–H groups in total. The molecule has 1 unspecified atom stereocenters. The van der Waals surface area contributed by atoms with Crippen LogP contribution < -0.4 is 10.5 Å².